The molecule has 0 amide bonds. The van der Waals surface area contributed by atoms with Gasteiger partial charge in [0.1, 0.15) is 0 Å². The summed E-state index contributed by atoms with van der Waals surface area (Å²) in [5, 5.41) is 7.50. The van der Waals surface area contributed by atoms with E-state index in [4.69, 9.17) is 0 Å². The number of nitrogens with one attached hydrogen (secondary N) is 2. The summed E-state index contributed by atoms with van der Waals surface area (Å²) in [4.78, 5) is 0. The quantitative estimate of drug-likeness (QED) is 0.816. The van der Waals surface area contributed by atoms with Crippen molar-refractivity contribution in [2.24, 2.45) is 5.41 Å². The third kappa shape index (κ3) is 1.61. The van der Waals surface area contributed by atoms with Crippen LogP contribution in [-0.2, 0) is 0 Å². The minimum absolute atomic E-state index is 0.232. The molecule has 2 nitrogen and oxygen atoms in total. The Balaban J connectivity index is 1.85. The number of benzene rings is 2. The first kappa shape index (κ1) is 12.0. The molecule has 2 aromatic carbocycles. The summed E-state index contributed by atoms with van der Waals surface area (Å²) in [6.07, 6.45) is 1.21. The lowest BCUT2D eigenvalue weighted by Gasteiger charge is -2.45. The van der Waals surface area contributed by atoms with Crippen molar-refractivity contribution in [1.82, 2.24) is 5.32 Å². The van der Waals surface area contributed by atoms with E-state index < -0.39 is 0 Å². The molecule has 0 radical (unpaired) electrons. The first-order valence-corrected chi connectivity index (χ1v) is 7.43. The third-order valence-corrected chi connectivity index (χ3v) is 5.04. The van der Waals surface area contributed by atoms with Crippen LogP contribution in [0.1, 0.15) is 36.6 Å². The molecule has 0 spiro atoms. The topological polar surface area (TPSA) is 24.1 Å². The van der Waals surface area contributed by atoms with Crippen LogP contribution >= 0.6 is 0 Å². The Bertz CT molecular complexity index is 622. The molecule has 1 fully saturated rings. The first-order valence-electron chi connectivity index (χ1n) is 7.43. The van der Waals surface area contributed by atoms with Crippen molar-refractivity contribution >= 4 is 5.69 Å². The fourth-order valence-corrected chi connectivity index (χ4v) is 3.95. The second-order valence-corrected chi connectivity index (χ2v) is 6.22. The van der Waals surface area contributed by atoms with Gasteiger partial charge in [0.2, 0.25) is 0 Å². The molecule has 2 heteroatoms. The lowest BCUT2D eigenvalue weighted by atomic mass is 9.68. The van der Waals surface area contributed by atoms with Crippen molar-refractivity contribution in [3.05, 3.63) is 65.7 Å². The smallest absolute Gasteiger partial charge is 0.0586 e. The molecule has 3 atom stereocenters. The molecule has 0 aromatic heterocycles. The summed E-state index contributed by atoms with van der Waals surface area (Å²) >= 11 is 0. The summed E-state index contributed by atoms with van der Waals surface area (Å²) in [7, 11) is 0. The van der Waals surface area contributed by atoms with Gasteiger partial charge in [-0.3, -0.25) is 0 Å². The van der Waals surface area contributed by atoms with Crippen LogP contribution in [0.3, 0.4) is 0 Å². The SMILES string of the molecule is CC12CCNC1c1ccccc1NC2c1ccccc1. The van der Waals surface area contributed by atoms with Crippen LogP contribution in [-0.4, -0.2) is 6.54 Å². The van der Waals surface area contributed by atoms with E-state index in [0.29, 0.717) is 12.1 Å². The number of hydrogen-bond donors (Lipinski definition) is 2. The Morgan fingerprint density at radius 1 is 0.950 bits per heavy atom. The van der Waals surface area contributed by atoms with Gasteiger partial charge in [-0.2, -0.15) is 0 Å². The van der Waals surface area contributed by atoms with E-state index in [1.165, 1.54) is 23.2 Å². The zero-order chi connectivity index (χ0) is 13.6. The van der Waals surface area contributed by atoms with Crippen LogP contribution in [0.25, 0.3) is 0 Å². The normalized spacial score (nSPS) is 31.2. The molecule has 2 aliphatic heterocycles. The molecule has 0 aliphatic carbocycles. The molecule has 3 unspecified atom stereocenters. The minimum Gasteiger partial charge on any atom is -0.377 e. The predicted molar refractivity (Wildman–Crippen MR) is 82.7 cm³/mol. The molecule has 2 heterocycles. The van der Waals surface area contributed by atoms with Gasteiger partial charge >= 0.3 is 0 Å². The fourth-order valence-electron chi connectivity index (χ4n) is 3.95. The fraction of sp³-hybridized carbons (Fsp3) is 0.333. The number of fused-ring (bicyclic) bond motifs is 3. The van der Waals surface area contributed by atoms with Gasteiger partial charge < -0.3 is 10.6 Å². The van der Waals surface area contributed by atoms with E-state index in [0.717, 1.165) is 6.54 Å². The minimum atomic E-state index is 0.232. The van der Waals surface area contributed by atoms with E-state index in [9.17, 15) is 0 Å². The lowest BCUT2D eigenvalue weighted by molar-refractivity contribution is 0.227. The summed E-state index contributed by atoms with van der Waals surface area (Å²) in [6.45, 7) is 3.51. The molecule has 1 saturated heterocycles. The van der Waals surface area contributed by atoms with Gasteiger partial charge in [-0.05, 0) is 30.2 Å². The van der Waals surface area contributed by atoms with Crippen LogP contribution in [0.4, 0.5) is 5.69 Å². The summed E-state index contributed by atoms with van der Waals surface area (Å²) < 4.78 is 0. The molecule has 20 heavy (non-hydrogen) atoms. The second kappa shape index (κ2) is 4.35. The monoisotopic (exact) mass is 264 g/mol. The molecule has 2 aliphatic rings. The van der Waals surface area contributed by atoms with Crippen molar-refractivity contribution in [2.75, 3.05) is 11.9 Å². The van der Waals surface area contributed by atoms with Gasteiger partial charge in [-0.1, -0.05) is 55.5 Å². The Morgan fingerprint density at radius 3 is 2.55 bits per heavy atom. The molecule has 0 bridgehead atoms. The van der Waals surface area contributed by atoms with Gasteiger partial charge in [-0.25, -0.2) is 0 Å². The van der Waals surface area contributed by atoms with Gasteiger partial charge in [0.15, 0.2) is 0 Å². The highest BCUT2D eigenvalue weighted by molar-refractivity contribution is 5.58. The predicted octanol–water partition coefficient (Wildman–Crippen LogP) is 3.89. The molecule has 2 N–H and O–H groups in total. The van der Waals surface area contributed by atoms with E-state index in [-0.39, 0.29) is 5.41 Å². The Hall–Kier alpha value is -1.80. The molecule has 2 aromatic rings. The number of rotatable bonds is 1. The van der Waals surface area contributed by atoms with E-state index in [2.05, 4.69) is 72.2 Å². The Morgan fingerprint density at radius 2 is 1.70 bits per heavy atom. The molecular weight excluding hydrogens is 244 g/mol. The van der Waals surface area contributed by atoms with Gasteiger partial charge in [0.25, 0.3) is 0 Å². The zero-order valence-electron chi connectivity index (χ0n) is 11.8. The highest BCUT2D eigenvalue weighted by atomic mass is 15.1. The number of hydrogen-bond acceptors (Lipinski definition) is 2. The third-order valence-electron chi connectivity index (χ3n) is 5.04. The highest BCUT2D eigenvalue weighted by Gasteiger charge is 2.49. The van der Waals surface area contributed by atoms with Gasteiger partial charge in [-0.15, -0.1) is 0 Å². The second-order valence-electron chi connectivity index (χ2n) is 6.22. The number of anilines is 1. The first-order chi connectivity index (χ1) is 9.79. The maximum absolute atomic E-state index is 3.79. The van der Waals surface area contributed by atoms with E-state index in [1.807, 2.05) is 0 Å². The van der Waals surface area contributed by atoms with Gasteiger partial charge in [0, 0.05) is 17.1 Å². The number of para-hydroxylation sites is 1. The van der Waals surface area contributed by atoms with Crippen molar-refractivity contribution < 1.29 is 0 Å². The van der Waals surface area contributed by atoms with Crippen molar-refractivity contribution in [3.63, 3.8) is 0 Å². The van der Waals surface area contributed by atoms with Crippen LogP contribution < -0.4 is 10.6 Å². The molecule has 102 valence electrons. The standard InChI is InChI=1S/C18H20N2/c1-18-11-12-19-17(18)14-9-5-6-10-15(14)20-16(18)13-7-3-2-4-8-13/h2-10,16-17,19-20H,11-12H2,1H3. The Labute approximate surface area is 120 Å². The van der Waals surface area contributed by atoms with E-state index >= 15 is 0 Å². The van der Waals surface area contributed by atoms with Crippen molar-refractivity contribution in [3.8, 4) is 0 Å². The summed E-state index contributed by atoms with van der Waals surface area (Å²) in [6, 6.07) is 20.4. The molecule has 4 rings (SSSR count). The van der Waals surface area contributed by atoms with Crippen LogP contribution in [0.15, 0.2) is 54.6 Å². The maximum atomic E-state index is 3.79. The Kier molecular flexibility index (Phi) is 2.61. The zero-order valence-corrected chi connectivity index (χ0v) is 11.8. The lowest BCUT2D eigenvalue weighted by Crippen LogP contribution is -2.40. The summed E-state index contributed by atoms with van der Waals surface area (Å²) in [5.74, 6) is 0. The van der Waals surface area contributed by atoms with Crippen molar-refractivity contribution in [2.45, 2.75) is 25.4 Å². The molecular formula is C18H20N2. The van der Waals surface area contributed by atoms with E-state index in [1.54, 1.807) is 0 Å². The van der Waals surface area contributed by atoms with Crippen molar-refractivity contribution in [1.29, 1.82) is 0 Å². The molecule has 0 saturated carbocycles. The van der Waals surface area contributed by atoms with Crippen LogP contribution in [0.2, 0.25) is 0 Å². The average Bonchev–Trinajstić information content (AvgIpc) is 2.90. The van der Waals surface area contributed by atoms with Crippen LogP contribution in [0.5, 0.6) is 0 Å². The van der Waals surface area contributed by atoms with Gasteiger partial charge in [0.05, 0.1) is 6.04 Å². The highest BCUT2D eigenvalue weighted by Crippen LogP contribution is 2.55. The largest absolute Gasteiger partial charge is 0.377 e. The van der Waals surface area contributed by atoms with Crippen LogP contribution in [0, 0.1) is 5.41 Å². The average molecular weight is 264 g/mol. The maximum Gasteiger partial charge on any atom is 0.0586 e. The summed E-state index contributed by atoms with van der Waals surface area (Å²) in [5.41, 5.74) is 4.31.